The first-order valence-electron chi connectivity index (χ1n) is 3.81. The van der Waals surface area contributed by atoms with E-state index < -0.39 is 11.9 Å². The van der Waals surface area contributed by atoms with Crippen LogP contribution in [0.15, 0.2) is 11.6 Å². The van der Waals surface area contributed by atoms with Gasteiger partial charge in [0.25, 0.3) is 0 Å². The Kier molecular flexibility index (Phi) is 4.76. The van der Waals surface area contributed by atoms with Gasteiger partial charge in [-0.25, -0.2) is 4.79 Å². The van der Waals surface area contributed by atoms with Crippen molar-refractivity contribution in [2.45, 2.75) is 26.2 Å². The van der Waals surface area contributed by atoms with Crippen LogP contribution in [-0.4, -0.2) is 17.0 Å². The number of carbonyl (C=O) groups excluding carboxylic acids is 1. The monoisotopic (exact) mass is 171 g/mol. The van der Waals surface area contributed by atoms with Crippen LogP contribution < -0.4 is 5.73 Å². The van der Waals surface area contributed by atoms with Gasteiger partial charge in [-0.2, -0.15) is 0 Å². The van der Waals surface area contributed by atoms with Crippen molar-refractivity contribution < 1.29 is 14.7 Å². The van der Waals surface area contributed by atoms with Gasteiger partial charge >= 0.3 is 5.97 Å². The van der Waals surface area contributed by atoms with Gasteiger partial charge < -0.3 is 10.8 Å². The van der Waals surface area contributed by atoms with Crippen LogP contribution in [0.4, 0.5) is 0 Å². The molecule has 0 aliphatic carbocycles. The summed E-state index contributed by atoms with van der Waals surface area (Å²) in [6, 6.07) is 0. The minimum atomic E-state index is -1.13. The molecule has 0 radical (unpaired) electrons. The molecule has 0 rings (SSSR count). The number of hydrogen-bond donors (Lipinski definition) is 2. The molecular weight excluding hydrogens is 158 g/mol. The zero-order chi connectivity index (χ0) is 9.56. The first-order valence-corrected chi connectivity index (χ1v) is 3.81. The Balaban J connectivity index is 4.23. The summed E-state index contributed by atoms with van der Waals surface area (Å²) in [4.78, 5) is 20.8. The van der Waals surface area contributed by atoms with Crippen LogP contribution in [-0.2, 0) is 9.59 Å². The average molecular weight is 171 g/mol. The quantitative estimate of drug-likeness (QED) is 0.596. The van der Waals surface area contributed by atoms with Gasteiger partial charge in [0.05, 0.1) is 0 Å². The van der Waals surface area contributed by atoms with E-state index in [9.17, 15) is 9.59 Å². The first kappa shape index (κ1) is 10.7. The topological polar surface area (TPSA) is 80.4 Å². The number of carboxylic acids is 1. The molecule has 1 amide bonds. The summed E-state index contributed by atoms with van der Waals surface area (Å²) < 4.78 is 0. The standard InChI is InChI=1S/C8H13NO3/c1-2-3-4-6(8(9)12)5-7(10)11/h5H,2-4H2,1H3,(H2,9,12)(H,10,11)/b6-5-. The molecule has 68 valence electrons. The summed E-state index contributed by atoms with van der Waals surface area (Å²) in [5.74, 6) is -1.77. The highest BCUT2D eigenvalue weighted by atomic mass is 16.4. The Labute approximate surface area is 71.1 Å². The molecule has 0 atom stereocenters. The summed E-state index contributed by atoms with van der Waals surface area (Å²) in [7, 11) is 0. The van der Waals surface area contributed by atoms with E-state index in [4.69, 9.17) is 10.8 Å². The summed E-state index contributed by atoms with van der Waals surface area (Å²) in [5.41, 5.74) is 5.14. The molecule has 0 aliphatic heterocycles. The molecule has 0 aromatic rings. The van der Waals surface area contributed by atoms with E-state index in [-0.39, 0.29) is 5.57 Å². The third-order valence-electron chi connectivity index (χ3n) is 1.41. The van der Waals surface area contributed by atoms with Crippen molar-refractivity contribution >= 4 is 11.9 Å². The number of rotatable bonds is 5. The number of aliphatic carboxylic acids is 1. The van der Waals surface area contributed by atoms with E-state index in [0.717, 1.165) is 18.9 Å². The SMILES string of the molecule is CCCC/C(=C/C(=O)O)C(N)=O. The van der Waals surface area contributed by atoms with Gasteiger partial charge in [-0.1, -0.05) is 13.3 Å². The second kappa shape index (κ2) is 5.35. The third-order valence-corrected chi connectivity index (χ3v) is 1.41. The Hall–Kier alpha value is -1.32. The zero-order valence-corrected chi connectivity index (χ0v) is 7.04. The predicted octanol–water partition coefficient (Wildman–Crippen LogP) is 0.673. The van der Waals surface area contributed by atoms with Crippen LogP contribution >= 0.6 is 0 Å². The number of nitrogens with two attached hydrogens (primary N) is 1. The number of primary amides is 1. The second-order valence-corrected chi connectivity index (χ2v) is 2.48. The lowest BCUT2D eigenvalue weighted by Gasteiger charge is -1.99. The molecule has 0 unspecified atom stereocenters. The zero-order valence-electron chi connectivity index (χ0n) is 7.04. The minimum absolute atomic E-state index is 0.185. The molecule has 0 saturated carbocycles. The number of carbonyl (C=O) groups is 2. The van der Waals surface area contributed by atoms with Crippen LogP contribution in [0.1, 0.15) is 26.2 Å². The Morgan fingerprint density at radius 3 is 2.42 bits per heavy atom. The number of hydrogen-bond acceptors (Lipinski definition) is 2. The largest absolute Gasteiger partial charge is 0.478 e. The fraction of sp³-hybridized carbons (Fsp3) is 0.500. The predicted molar refractivity (Wildman–Crippen MR) is 44.4 cm³/mol. The van der Waals surface area contributed by atoms with E-state index in [1.54, 1.807) is 0 Å². The maximum Gasteiger partial charge on any atom is 0.328 e. The molecule has 3 N–H and O–H groups in total. The van der Waals surface area contributed by atoms with Crippen LogP contribution in [0, 0.1) is 0 Å². The summed E-state index contributed by atoms with van der Waals surface area (Å²) in [6.07, 6.45) is 3.00. The van der Waals surface area contributed by atoms with Gasteiger partial charge in [0.1, 0.15) is 0 Å². The number of carboxylic acid groups (broad SMARTS) is 1. The molecule has 0 fully saturated rings. The first-order chi connectivity index (χ1) is 5.57. The highest BCUT2D eigenvalue weighted by molar-refractivity contribution is 5.97. The highest BCUT2D eigenvalue weighted by Crippen LogP contribution is 2.05. The third kappa shape index (κ3) is 4.49. The summed E-state index contributed by atoms with van der Waals surface area (Å²) in [5, 5.41) is 8.35. The van der Waals surface area contributed by atoms with Gasteiger partial charge in [-0.15, -0.1) is 0 Å². The van der Waals surface area contributed by atoms with Crippen molar-refractivity contribution in [1.29, 1.82) is 0 Å². The van der Waals surface area contributed by atoms with E-state index in [0.29, 0.717) is 6.42 Å². The van der Waals surface area contributed by atoms with Crippen LogP contribution in [0.5, 0.6) is 0 Å². The van der Waals surface area contributed by atoms with Crippen LogP contribution in [0.25, 0.3) is 0 Å². The molecular formula is C8H13NO3. The van der Waals surface area contributed by atoms with Crippen molar-refractivity contribution in [3.63, 3.8) is 0 Å². The van der Waals surface area contributed by atoms with Crippen LogP contribution in [0.3, 0.4) is 0 Å². The molecule has 0 saturated heterocycles. The van der Waals surface area contributed by atoms with Gasteiger partial charge in [0, 0.05) is 11.6 Å². The van der Waals surface area contributed by atoms with Gasteiger partial charge in [0.2, 0.25) is 5.91 Å². The molecule has 0 spiro atoms. The second-order valence-electron chi connectivity index (χ2n) is 2.48. The van der Waals surface area contributed by atoms with E-state index in [2.05, 4.69) is 0 Å². The summed E-state index contributed by atoms with van der Waals surface area (Å²) >= 11 is 0. The highest BCUT2D eigenvalue weighted by Gasteiger charge is 2.05. The maximum atomic E-state index is 10.6. The van der Waals surface area contributed by atoms with Crippen molar-refractivity contribution in [2.75, 3.05) is 0 Å². The van der Waals surface area contributed by atoms with Gasteiger partial charge in [-0.3, -0.25) is 4.79 Å². The lowest BCUT2D eigenvalue weighted by atomic mass is 10.1. The Morgan fingerprint density at radius 1 is 1.50 bits per heavy atom. The van der Waals surface area contributed by atoms with E-state index in [1.807, 2.05) is 6.92 Å². The lowest BCUT2D eigenvalue weighted by Crippen LogP contribution is -2.15. The molecule has 0 aliphatic rings. The fourth-order valence-corrected chi connectivity index (χ4v) is 0.783. The molecule has 0 aromatic carbocycles. The normalized spacial score (nSPS) is 11.2. The minimum Gasteiger partial charge on any atom is -0.478 e. The Morgan fingerprint density at radius 2 is 2.08 bits per heavy atom. The molecule has 0 heterocycles. The Bertz CT molecular complexity index is 208. The van der Waals surface area contributed by atoms with Crippen molar-refractivity contribution in [1.82, 2.24) is 0 Å². The lowest BCUT2D eigenvalue weighted by molar-refractivity contribution is -0.131. The molecule has 12 heavy (non-hydrogen) atoms. The number of amides is 1. The summed E-state index contributed by atoms with van der Waals surface area (Å²) in [6.45, 7) is 1.96. The average Bonchev–Trinajstić information content (AvgIpc) is 1.96. The molecule has 0 aromatic heterocycles. The number of unbranched alkanes of at least 4 members (excludes halogenated alkanes) is 1. The maximum absolute atomic E-state index is 10.6. The fourth-order valence-electron chi connectivity index (χ4n) is 0.783. The van der Waals surface area contributed by atoms with E-state index >= 15 is 0 Å². The van der Waals surface area contributed by atoms with Crippen molar-refractivity contribution in [3.8, 4) is 0 Å². The van der Waals surface area contributed by atoms with Gasteiger partial charge in [-0.05, 0) is 12.8 Å². The van der Waals surface area contributed by atoms with E-state index in [1.165, 1.54) is 0 Å². The molecule has 4 nitrogen and oxygen atoms in total. The van der Waals surface area contributed by atoms with Gasteiger partial charge in [0.15, 0.2) is 0 Å². The van der Waals surface area contributed by atoms with Crippen molar-refractivity contribution in [3.05, 3.63) is 11.6 Å². The van der Waals surface area contributed by atoms with Crippen molar-refractivity contribution in [2.24, 2.45) is 5.73 Å². The smallest absolute Gasteiger partial charge is 0.328 e. The molecule has 4 heteroatoms. The molecule has 0 bridgehead atoms. The van der Waals surface area contributed by atoms with Crippen LogP contribution in [0.2, 0.25) is 0 Å².